The number of halogens is 1. The van der Waals surface area contributed by atoms with Crippen LogP contribution in [0.15, 0.2) is 28.7 Å². The van der Waals surface area contributed by atoms with Gasteiger partial charge in [0.15, 0.2) is 0 Å². The summed E-state index contributed by atoms with van der Waals surface area (Å²) < 4.78 is 6.30. The highest BCUT2D eigenvalue weighted by Crippen LogP contribution is 2.16. The molecule has 2 rings (SSSR count). The van der Waals surface area contributed by atoms with Crippen LogP contribution in [-0.4, -0.2) is 38.3 Å². The molecule has 0 aromatic heterocycles. The van der Waals surface area contributed by atoms with Crippen molar-refractivity contribution in [3.05, 3.63) is 34.3 Å². The summed E-state index contributed by atoms with van der Waals surface area (Å²) in [5.41, 5.74) is 1.00. The molecule has 1 amide bonds. The molecular formula is C13H17BrN2O2. The van der Waals surface area contributed by atoms with Crippen LogP contribution in [0.3, 0.4) is 0 Å². The van der Waals surface area contributed by atoms with Crippen molar-refractivity contribution in [1.82, 2.24) is 10.6 Å². The molecule has 1 saturated heterocycles. The van der Waals surface area contributed by atoms with E-state index in [1.54, 1.807) is 0 Å². The maximum absolute atomic E-state index is 11.8. The van der Waals surface area contributed by atoms with Gasteiger partial charge in [-0.3, -0.25) is 4.79 Å². The Kier molecular flexibility index (Phi) is 5.16. The zero-order valence-corrected chi connectivity index (χ0v) is 11.7. The van der Waals surface area contributed by atoms with Crippen LogP contribution in [0.1, 0.15) is 5.56 Å². The molecule has 4 nitrogen and oxygen atoms in total. The van der Waals surface area contributed by atoms with Gasteiger partial charge < -0.3 is 15.4 Å². The first-order chi connectivity index (χ1) is 8.75. The molecule has 1 aromatic rings. The van der Waals surface area contributed by atoms with Crippen molar-refractivity contribution in [1.29, 1.82) is 0 Å². The first kappa shape index (κ1) is 13.5. The summed E-state index contributed by atoms with van der Waals surface area (Å²) in [6, 6.07) is 7.99. The molecule has 1 atom stereocenters. The molecule has 1 unspecified atom stereocenters. The summed E-state index contributed by atoms with van der Waals surface area (Å²) in [7, 11) is 0. The summed E-state index contributed by atoms with van der Waals surface area (Å²) in [6.07, 6.45) is 0.398. The normalized spacial score (nSPS) is 19.5. The second kappa shape index (κ2) is 6.87. The number of ether oxygens (including phenoxy) is 1. The van der Waals surface area contributed by atoms with Gasteiger partial charge in [-0.25, -0.2) is 0 Å². The van der Waals surface area contributed by atoms with E-state index in [0.717, 1.165) is 23.2 Å². The van der Waals surface area contributed by atoms with Crippen molar-refractivity contribution in [3.8, 4) is 0 Å². The van der Waals surface area contributed by atoms with Gasteiger partial charge in [0.1, 0.15) is 0 Å². The third-order valence-electron chi connectivity index (χ3n) is 2.85. The number of hydrogen-bond donors (Lipinski definition) is 2. The third kappa shape index (κ3) is 4.08. The molecule has 18 heavy (non-hydrogen) atoms. The number of rotatable bonds is 4. The van der Waals surface area contributed by atoms with Gasteiger partial charge in [0.05, 0.1) is 19.6 Å². The predicted molar refractivity (Wildman–Crippen MR) is 73.5 cm³/mol. The number of amides is 1. The van der Waals surface area contributed by atoms with E-state index >= 15 is 0 Å². The standard InChI is InChI=1S/C13H17BrN2O2/c14-12-4-2-1-3-10(12)7-13(17)16-8-11-9-18-6-5-15-11/h1-4,11,15H,5-9H2,(H,16,17). The van der Waals surface area contributed by atoms with Crippen molar-refractivity contribution in [2.24, 2.45) is 0 Å². The lowest BCUT2D eigenvalue weighted by Gasteiger charge is -2.23. The average molecular weight is 313 g/mol. The van der Waals surface area contributed by atoms with Gasteiger partial charge in [-0.2, -0.15) is 0 Å². The second-order valence-corrected chi connectivity index (χ2v) is 5.15. The van der Waals surface area contributed by atoms with Crippen LogP contribution in [0.5, 0.6) is 0 Å². The van der Waals surface area contributed by atoms with Crippen molar-refractivity contribution in [3.63, 3.8) is 0 Å². The minimum absolute atomic E-state index is 0.0364. The Bertz CT molecular complexity index is 406. The van der Waals surface area contributed by atoms with Crippen molar-refractivity contribution in [2.75, 3.05) is 26.3 Å². The van der Waals surface area contributed by atoms with E-state index in [2.05, 4.69) is 26.6 Å². The molecule has 1 aromatic carbocycles. The van der Waals surface area contributed by atoms with E-state index in [0.29, 0.717) is 19.6 Å². The molecule has 1 aliphatic heterocycles. The molecule has 1 aliphatic rings. The Labute approximate surface area is 115 Å². The molecular weight excluding hydrogens is 296 g/mol. The van der Waals surface area contributed by atoms with Crippen molar-refractivity contribution in [2.45, 2.75) is 12.5 Å². The lowest BCUT2D eigenvalue weighted by molar-refractivity contribution is -0.120. The maximum Gasteiger partial charge on any atom is 0.224 e. The minimum Gasteiger partial charge on any atom is -0.378 e. The van der Waals surface area contributed by atoms with Gasteiger partial charge in [0, 0.05) is 23.6 Å². The minimum atomic E-state index is 0.0364. The number of nitrogens with one attached hydrogen (secondary N) is 2. The first-order valence-electron chi connectivity index (χ1n) is 6.07. The van der Waals surface area contributed by atoms with Crippen molar-refractivity contribution >= 4 is 21.8 Å². The van der Waals surface area contributed by atoms with E-state index in [1.807, 2.05) is 24.3 Å². The van der Waals surface area contributed by atoms with Crippen LogP contribution in [0.25, 0.3) is 0 Å². The van der Waals surface area contributed by atoms with E-state index < -0.39 is 0 Å². The maximum atomic E-state index is 11.8. The number of morpholine rings is 1. The highest BCUT2D eigenvalue weighted by atomic mass is 79.9. The van der Waals surface area contributed by atoms with Gasteiger partial charge >= 0.3 is 0 Å². The molecule has 5 heteroatoms. The zero-order chi connectivity index (χ0) is 12.8. The first-order valence-corrected chi connectivity index (χ1v) is 6.86. The summed E-state index contributed by atoms with van der Waals surface area (Å²) in [6.45, 7) is 2.88. The molecule has 0 aliphatic carbocycles. The fourth-order valence-electron chi connectivity index (χ4n) is 1.87. The van der Waals surface area contributed by atoms with Gasteiger partial charge in [-0.1, -0.05) is 34.1 Å². The van der Waals surface area contributed by atoms with Crippen LogP contribution in [-0.2, 0) is 16.0 Å². The lowest BCUT2D eigenvalue weighted by atomic mass is 10.1. The highest BCUT2D eigenvalue weighted by molar-refractivity contribution is 9.10. The van der Waals surface area contributed by atoms with Crippen LogP contribution >= 0.6 is 15.9 Å². The molecule has 98 valence electrons. The fourth-order valence-corrected chi connectivity index (χ4v) is 2.29. The summed E-state index contributed by atoms with van der Waals surface area (Å²) in [4.78, 5) is 11.8. The average Bonchev–Trinajstić information content (AvgIpc) is 2.40. The Morgan fingerprint density at radius 3 is 3.06 bits per heavy atom. The molecule has 0 bridgehead atoms. The van der Waals surface area contributed by atoms with Gasteiger partial charge in [-0.15, -0.1) is 0 Å². The molecule has 1 fully saturated rings. The third-order valence-corrected chi connectivity index (χ3v) is 3.63. The fraction of sp³-hybridized carbons (Fsp3) is 0.462. The smallest absolute Gasteiger partial charge is 0.224 e. The SMILES string of the molecule is O=C(Cc1ccccc1Br)NCC1COCCN1. The largest absolute Gasteiger partial charge is 0.378 e. The Hall–Kier alpha value is -0.910. The quantitative estimate of drug-likeness (QED) is 0.875. The second-order valence-electron chi connectivity index (χ2n) is 4.30. The number of hydrogen-bond acceptors (Lipinski definition) is 3. The topological polar surface area (TPSA) is 50.4 Å². The zero-order valence-electron chi connectivity index (χ0n) is 10.1. The molecule has 1 heterocycles. The summed E-state index contributed by atoms with van der Waals surface area (Å²) in [5.74, 6) is 0.0364. The number of carbonyl (C=O) groups excluding carboxylic acids is 1. The molecule has 0 spiro atoms. The Balaban J connectivity index is 1.76. The predicted octanol–water partition coefficient (Wildman–Crippen LogP) is 1.10. The van der Waals surface area contributed by atoms with Crippen LogP contribution in [0, 0.1) is 0 Å². The number of benzene rings is 1. The van der Waals surface area contributed by atoms with E-state index in [9.17, 15) is 4.79 Å². The Morgan fingerprint density at radius 2 is 2.33 bits per heavy atom. The van der Waals surface area contributed by atoms with Gasteiger partial charge in [0.25, 0.3) is 0 Å². The molecule has 0 radical (unpaired) electrons. The van der Waals surface area contributed by atoms with Crippen LogP contribution in [0.2, 0.25) is 0 Å². The van der Waals surface area contributed by atoms with E-state index in [1.165, 1.54) is 0 Å². The summed E-state index contributed by atoms with van der Waals surface area (Å²) >= 11 is 3.44. The van der Waals surface area contributed by atoms with Crippen LogP contribution < -0.4 is 10.6 Å². The van der Waals surface area contributed by atoms with Crippen LogP contribution in [0.4, 0.5) is 0 Å². The van der Waals surface area contributed by atoms with Gasteiger partial charge in [0.2, 0.25) is 5.91 Å². The Morgan fingerprint density at radius 1 is 1.50 bits per heavy atom. The monoisotopic (exact) mass is 312 g/mol. The summed E-state index contributed by atoms with van der Waals surface area (Å²) in [5, 5.41) is 6.23. The van der Waals surface area contributed by atoms with E-state index in [4.69, 9.17) is 4.74 Å². The van der Waals surface area contributed by atoms with E-state index in [-0.39, 0.29) is 11.9 Å². The lowest BCUT2D eigenvalue weighted by Crippen LogP contribution is -2.48. The highest BCUT2D eigenvalue weighted by Gasteiger charge is 2.14. The van der Waals surface area contributed by atoms with Gasteiger partial charge in [-0.05, 0) is 11.6 Å². The van der Waals surface area contributed by atoms with Crippen molar-refractivity contribution < 1.29 is 9.53 Å². The molecule has 0 saturated carbocycles. The molecule has 2 N–H and O–H groups in total. The number of carbonyl (C=O) groups is 1.